The second kappa shape index (κ2) is 4.34. The first-order chi connectivity index (χ1) is 8.36. The average Bonchev–Trinajstić information content (AvgIpc) is 2.88. The van der Waals surface area contributed by atoms with Crippen molar-refractivity contribution >= 4 is 16.3 Å². The molecule has 0 aliphatic carbocycles. The molecule has 0 unspecified atom stereocenters. The fourth-order valence-corrected chi connectivity index (χ4v) is 3.02. The smallest absolute Gasteiger partial charge is 0.194 e. The van der Waals surface area contributed by atoms with E-state index >= 15 is 0 Å². The molecule has 3 rings (SSSR count). The van der Waals surface area contributed by atoms with Crippen LogP contribution in [0.5, 0.6) is 0 Å². The summed E-state index contributed by atoms with van der Waals surface area (Å²) in [5.41, 5.74) is 2.24. The zero-order valence-corrected chi connectivity index (χ0v) is 10.6. The maximum absolute atomic E-state index is 4.67. The van der Waals surface area contributed by atoms with Crippen LogP contribution in [0.25, 0.3) is 16.2 Å². The lowest BCUT2D eigenvalue weighted by atomic mass is 10.2. The van der Waals surface area contributed by atoms with Crippen LogP contribution in [0.15, 0.2) is 42.7 Å². The van der Waals surface area contributed by atoms with Gasteiger partial charge in [-0.15, -0.1) is 11.3 Å². The van der Waals surface area contributed by atoms with E-state index in [1.54, 1.807) is 11.3 Å². The number of aromatic nitrogens is 2. The van der Waals surface area contributed by atoms with Gasteiger partial charge in [-0.05, 0) is 6.42 Å². The van der Waals surface area contributed by atoms with E-state index in [0.29, 0.717) is 0 Å². The molecule has 0 aliphatic rings. The molecule has 17 heavy (non-hydrogen) atoms. The molecule has 0 saturated carbocycles. The van der Waals surface area contributed by atoms with Crippen LogP contribution in [0.2, 0.25) is 0 Å². The van der Waals surface area contributed by atoms with E-state index < -0.39 is 0 Å². The molecule has 0 bridgehead atoms. The predicted octanol–water partition coefficient (Wildman–Crippen LogP) is 4.02. The van der Waals surface area contributed by atoms with Crippen molar-refractivity contribution in [3.05, 3.63) is 47.6 Å². The van der Waals surface area contributed by atoms with Crippen molar-refractivity contribution in [2.45, 2.75) is 19.8 Å². The molecule has 2 aromatic heterocycles. The number of nitrogens with zero attached hydrogens (tertiary/aromatic N) is 2. The lowest BCUT2D eigenvalue weighted by Crippen LogP contribution is -1.77. The molecule has 3 heteroatoms. The molecule has 3 aromatic rings. The van der Waals surface area contributed by atoms with Gasteiger partial charge in [-0.1, -0.05) is 43.7 Å². The van der Waals surface area contributed by atoms with Crippen molar-refractivity contribution < 1.29 is 0 Å². The van der Waals surface area contributed by atoms with Crippen molar-refractivity contribution in [3.8, 4) is 11.3 Å². The van der Waals surface area contributed by atoms with Gasteiger partial charge in [-0.3, -0.25) is 4.40 Å². The number of fused-ring (bicyclic) bond motifs is 1. The number of imidazole rings is 1. The van der Waals surface area contributed by atoms with Gasteiger partial charge in [0.1, 0.15) is 0 Å². The van der Waals surface area contributed by atoms with E-state index in [-0.39, 0.29) is 0 Å². The molecule has 2 heterocycles. The van der Waals surface area contributed by atoms with E-state index in [2.05, 4.69) is 40.8 Å². The Balaban J connectivity index is 2.01. The third kappa shape index (κ3) is 1.98. The average molecular weight is 242 g/mol. The van der Waals surface area contributed by atoms with Crippen molar-refractivity contribution in [2.24, 2.45) is 0 Å². The minimum absolute atomic E-state index is 1.06. The van der Waals surface area contributed by atoms with Gasteiger partial charge < -0.3 is 0 Å². The quantitative estimate of drug-likeness (QED) is 0.678. The Morgan fingerprint density at radius 2 is 2.00 bits per heavy atom. The molecular formula is C14H14N2S. The molecule has 0 N–H and O–H groups in total. The van der Waals surface area contributed by atoms with Gasteiger partial charge >= 0.3 is 0 Å². The Morgan fingerprint density at radius 1 is 1.18 bits per heavy atom. The van der Waals surface area contributed by atoms with Crippen LogP contribution in [0.4, 0.5) is 0 Å². The van der Waals surface area contributed by atoms with E-state index in [1.165, 1.54) is 16.9 Å². The van der Waals surface area contributed by atoms with E-state index in [1.807, 2.05) is 18.2 Å². The zero-order valence-electron chi connectivity index (χ0n) is 9.76. The Bertz CT molecular complexity index is 591. The SMILES string of the molecule is CCCc1cn2cc(-c3ccccc3)nc2s1. The number of thiazole rings is 1. The molecule has 2 nitrogen and oxygen atoms in total. The normalized spacial score (nSPS) is 11.1. The first kappa shape index (κ1) is 10.5. The summed E-state index contributed by atoms with van der Waals surface area (Å²) in [6.45, 7) is 2.21. The van der Waals surface area contributed by atoms with Crippen molar-refractivity contribution in [3.63, 3.8) is 0 Å². The Kier molecular flexibility index (Phi) is 2.69. The Labute approximate surface area is 105 Å². The van der Waals surface area contributed by atoms with Crippen LogP contribution in [-0.4, -0.2) is 9.38 Å². The van der Waals surface area contributed by atoms with Crippen LogP contribution in [0.3, 0.4) is 0 Å². The van der Waals surface area contributed by atoms with Crippen molar-refractivity contribution in [1.82, 2.24) is 9.38 Å². The largest absolute Gasteiger partial charge is 0.297 e. The summed E-state index contributed by atoms with van der Waals surface area (Å²) in [5, 5.41) is 0. The molecule has 0 atom stereocenters. The Hall–Kier alpha value is -1.61. The number of aryl methyl sites for hydroxylation is 1. The minimum Gasteiger partial charge on any atom is -0.297 e. The molecule has 1 aromatic carbocycles. The lowest BCUT2D eigenvalue weighted by Gasteiger charge is -1.93. The highest BCUT2D eigenvalue weighted by Crippen LogP contribution is 2.24. The van der Waals surface area contributed by atoms with Gasteiger partial charge in [0.2, 0.25) is 0 Å². The highest BCUT2D eigenvalue weighted by atomic mass is 32.1. The fraction of sp³-hybridized carbons (Fsp3) is 0.214. The van der Waals surface area contributed by atoms with Crippen LogP contribution >= 0.6 is 11.3 Å². The highest BCUT2D eigenvalue weighted by molar-refractivity contribution is 7.17. The van der Waals surface area contributed by atoms with Crippen LogP contribution in [0, 0.1) is 0 Å². The van der Waals surface area contributed by atoms with Crippen LogP contribution in [-0.2, 0) is 6.42 Å². The summed E-state index contributed by atoms with van der Waals surface area (Å²) in [6.07, 6.45) is 6.65. The zero-order chi connectivity index (χ0) is 11.7. The maximum atomic E-state index is 4.67. The molecule has 0 fully saturated rings. The topological polar surface area (TPSA) is 17.3 Å². The van der Waals surface area contributed by atoms with Gasteiger partial charge in [0, 0.05) is 22.8 Å². The van der Waals surface area contributed by atoms with Gasteiger partial charge in [0.05, 0.1) is 5.69 Å². The summed E-state index contributed by atoms with van der Waals surface area (Å²) in [5.74, 6) is 0. The molecule has 0 amide bonds. The highest BCUT2D eigenvalue weighted by Gasteiger charge is 2.07. The lowest BCUT2D eigenvalue weighted by molar-refractivity contribution is 0.932. The molecule has 0 aliphatic heterocycles. The number of rotatable bonds is 3. The summed E-state index contributed by atoms with van der Waals surface area (Å²) in [7, 11) is 0. The first-order valence-electron chi connectivity index (χ1n) is 5.89. The molecular weight excluding hydrogens is 228 g/mol. The van der Waals surface area contributed by atoms with Crippen LogP contribution in [0.1, 0.15) is 18.2 Å². The predicted molar refractivity (Wildman–Crippen MR) is 72.5 cm³/mol. The molecule has 0 spiro atoms. The number of hydrogen-bond acceptors (Lipinski definition) is 2. The van der Waals surface area contributed by atoms with Gasteiger partial charge in [-0.2, -0.15) is 0 Å². The summed E-state index contributed by atoms with van der Waals surface area (Å²) in [4.78, 5) is 7.17. The monoisotopic (exact) mass is 242 g/mol. The minimum atomic E-state index is 1.06. The van der Waals surface area contributed by atoms with Gasteiger partial charge in [-0.25, -0.2) is 4.98 Å². The second-order valence-electron chi connectivity index (χ2n) is 4.13. The summed E-state index contributed by atoms with van der Waals surface area (Å²) < 4.78 is 2.14. The number of benzene rings is 1. The third-order valence-electron chi connectivity index (χ3n) is 2.77. The van der Waals surface area contributed by atoms with E-state index in [0.717, 1.165) is 17.1 Å². The molecule has 0 saturated heterocycles. The second-order valence-corrected chi connectivity index (χ2v) is 5.22. The maximum Gasteiger partial charge on any atom is 0.194 e. The summed E-state index contributed by atoms with van der Waals surface area (Å²) in [6, 6.07) is 10.3. The van der Waals surface area contributed by atoms with E-state index in [9.17, 15) is 0 Å². The van der Waals surface area contributed by atoms with Crippen molar-refractivity contribution in [1.29, 1.82) is 0 Å². The fourth-order valence-electron chi connectivity index (χ4n) is 1.95. The van der Waals surface area contributed by atoms with Crippen molar-refractivity contribution in [2.75, 3.05) is 0 Å². The standard InChI is InChI=1S/C14H14N2S/c1-2-6-12-9-16-10-13(15-14(16)17-12)11-7-4-3-5-8-11/h3-5,7-10H,2,6H2,1H3. The van der Waals surface area contributed by atoms with Gasteiger partial charge in [0.15, 0.2) is 4.96 Å². The summed E-state index contributed by atoms with van der Waals surface area (Å²) >= 11 is 1.79. The first-order valence-corrected chi connectivity index (χ1v) is 6.71. The Morgan fingerprint density at radius 3 is 2.71 bits per heavy atom. The molecule has 0 radical (unpaired) electrons. The number of hydrogen-bond donors (Lipinski definition) is 0. The van der Waals surface area contributed by atoms with E-state index in [4.69, 9.17) is 0 Å². The molecule has 86 valence electrons. The van der Waals surface area contributed by atoms with Crippen LogP contribution < -0.4 is 0 Å². The third-order valence-corrected chi connectivity index (χ3v) is 3.83. The van der Waals surface area contributed by atoms with Gasteiger partial charge in [0.25, 0.3) is 0 Å².